The van der Waals surface area contributed by atoms with Gasteiger partial charge in [-0.2, -0.15) is 5.10 Å². The zero-order chi connectivity index (χ0) is 13.1. The third-order valence-electron chi connectivity index (χ3n) is 2.32. The summed E-state index contributed by atoms with van der Waals surface area (Å²) in [4.78, 5) is 15.9. The molecule has 0 aliphatic heterocycles. The lowest BCUT2D eigenvalue weighted by atomic mass is 10.3. The van der Waals surface area contributed by atoms with Crippen LogP contribution in [0, 0.1) is 20.8 Å². The summed E-state index contributed by atoms with van der Waals surface area (Å²) in [5.41, 5.74) is 3.17. The number of H-pyrrole nitrogens is 1. The van der Waals surface area contributed by atoms with E-state index in [0.29, 0.717) is 5.22 Å². The van der Waals surface area contributed by atoms with Crippen molar-refractivity contribution >= 4 is 23.4 Å². The van der Waals surface area contributed by atoms with Crippen LogP contribution in [-0.4, -0.2) is 26.8 Å². The van der Waals surface area contributed by atoms with E-state index in [1.165, 1.54) is 11.8 Å². The van der Waals surface area contributed by atoms with Crippen LogP contribution in [0.5, 0.6) is 0 Å². The molecule has 2 heterocycles. The minimum Gasteiger partial charge on any atom is -0.440 e. The quantitative estimate of drug-likeness (QED) is 0.827. The molecule has 0 atom stereocenters. The summed E-state index contributed by atoms with van der Waals surface area (Å²) in [5, 5.41) is 10.1. The van der Waals surface area contributed by atoms with E-state index in [1.807, 2.05) is 20.8 Å². The monoisotopic (exact) mass is 266 g/mol. The molecular weight excluding hydrogens is 252 g/mol. The molecule has 0 fully saturated rings. The number of thioether (sulfide) groups is 1. The van der Waals surface area contributed by atoms with Gasteiger partial charge in [-0.1, -0.05) is 11.8 Å². The van der Waals surface area contributed by atoms with Crippen LogP contribution in [0.4, 0.5) is 5.69 Å². The maximum atomic E-state index is 11.8. The maximum absolute atomic E-state index is 11.8. The smallest absolute Gasteiger partial charge is 0.256 e. The first kappa shape index (κ1) is 12.7. The molecule has 0 spiro atoms. The zero-order valence-corrected chi connectivity index (χ0v) is 11.2. The van der Waals surface area contributed by atoms with Crippen LogP contribution in [0.25, 0.3) is 0 Å². The Labute approximate surface area is 109 Å². The molecule has 0 saturated carbocycles. The maximum Gasteiger partial charge on any atom is 0.256 e. The third-order valence-corrected chi connectivity index (χ3v) is 3.16. The largest absolute Gasteiger partial charge is 0.440 e. The van der Waals surface area contributed by atoms with Gasteiger partial charge in [0.1, 0.15) is 6.26 Å². The number of oxazole rings is 1. The van der Waals surface area contributed by atoms with Crippen molar-refractivity contribution < 1.29 is 9.21 Å². The molecule has 0 aromatic carbocycles. The molecule has 0 aliphatic carbocycles. The van der Waals surface area contributed by atoms with E-state index in [9.17, 15) is 4.79 Å². The summed E-state index contributed by atoms with van der Waals surface area (Å²) in [6.45, 7) is 5.54. The van der Waals surface area contributed by atoms with Crippen molar-refractivity contribution in [1.82, 2.24) is 15.2 Å². The van der Waals surface area contributed by atoms with E-state index in [0.717, 1.165) is 22.8 Å². The van der Waals surface area contributed by atoms with E-state index >= 15 is 0 Å². The Morgan fingerprint density at radius 3 is 2.83 bits per heavy atom. The van der Waals surface area contributed by atoms with Gasteiger partial charge < -0.3 is 9.73 Å². The Bertz CT molecular complexity index is 542. The Hall–Kier alpha value is -1.76. The average Bonchev–Trinajstić information content (AvgIpc) is 2.87. The Balaban J connectivity index is 1.89. The molecule has 2 rings (SSSR count). The highest BCUT2D eigenvalue weighted by Crippen LogP contribution is 2.19. The van der Waals surface area contributed by atoms with Gasteiger partial charge in [0.05, 0.1) is 28.5 Å². The van der Waals surface area contributed by atoms with Gasteiger partial charge in [0, 0.05) is 0 Å². The molecule has 1 amide bonds. The van der Waals surface area contributed by atoms with E-state index in [2.05, 4.69) is 20.5 Å². The number of hydrogen-bond donors (Lipinski definition) is 2. The molecular formula is C11H14N4O2S. The molecule has 96 valence electrons. The van der Waals surface area contributed by atoms with Gasteiger partial charge >= 0.3 is 0 Å². The highest BCUT2D eigenvalue weighted by molar-refractivity contribution is 7.99. The normalized spacial score (nSPS) is 10.6. The number of anilines is 1. The second kappa shape index (κ2) is 5.26. The van der Waals surface area contributed by atoms with E-state index in [-0.39, 0.29) is 11.7 Å². The van der Waals surface area contributed by atoms with Crippen molar-refractivity contribution in [3.05, 3.63) is 23.3 Å². The minimum absolute atomic E-state index is 0.108. The fourth-order valence-corrected chi connectivity index (χ4v) is 2.09. The highest BCUT2D eigenvalue weighted by atomic mass is 32.2. The summed E-state index contributed by atoms with van der Waals surface area (Å²) < 4.78 is 5.15. The van der Waals surface area contributed by atoms with E-state index in [1.54, 1.807) is 6.26 Å². The molecule has 0 aliphatic rings. The summed E-state index contributed by atoms with van der Waals surface area (Å²) in [7, 11) is 0. The fourth-order valence-electron chi connectivity index (χ4n) is 1.44. The molecule has 0 radical (unpaired) electrons. The first-order valence-electron chi connectivity index (χ1n) is 5.42. The first-order chi connectivity index (χ1) is 8.56. The predicted octanol–water partition coefficient (Wildman–Crippen LogP) is 2.05. The summed E-state index contributed by atoms with van der Waals surface area (Å²) in [6, 6.07) is 0. The third kappa shape index (κ3) is 2.92. The van der Waals surface area contributed by atoms with Crippen LogP contribution < -0.4 is 5.32 Å². The predicted molar refractivity (Wildman–Crippen MR) is 68.7 cm³/mol. The van der Waals surface area contributed by atoms with Crippen molar-refractivity contribution in [2.75, 3.05) is 11.1 Å². The summed E-state index contributed by atoms with van der Waals surface area (Å²) >= 11 is 1.26. The lowest BCUT2D eigenvalue weighted by Gasteiger charge is -2.03. The van der Waals surface area contributed by atoms with Gasteiger partial charge in [0.15, 0.2) is 0 Å². The molecule has 2 N–H and O–H groups in total. The minimum atomic E-state index is -0.108. The van der Waals surface area contributed by atoms with Crippen molar-refractivity contribution in [3.63, 3.8) is 0 Å². The Morgan fingerprint density at radius 2 is 2.28 bits per heavy atom. The van der Waals surface area contributed by atoms with Crippen LogP contribution in [0.3, 0.4) is 0 Å². The number of carbonyl (C=O) groups is 1. The first-order valence-corrected chi connectivity index (χ1v) is 6.41. The van der Waals surface area contributed by atoms with Crippen LogP contribution in [0.1, 0.15) is 17.1 Å². The molecule has 18 heavy (non-hydrogen) atoms. The molecule has 2 aromatic heterocycles. The fraction of sp³-hybridized carbons (Fsp3) is 0.364. The van der Waals surface area contributed by atoms with Crippen molar-refractivity contribution in [2.45, 2.75) is 26.0 Å². The lowest BCUT2D eigenvalue weighted by Crippen LogP contribution is -2.15. The van der Waals surface area contributed by atoms with Crippen molar-refractivity contribution in [2.24, 2.45) is 0 Å². The Kier molecular flexibility index (Phi) is 3.71. The summed E-state index contributed by atoms with van der Waals surface area (Å²) in [6.07, 6.45) is 1.56. The number of rotatable bonds is 4. The van der Waals surface area contributed by atoms with E-state index in [4.69, 9.17) is 4.42 Å². The standard InChI is InChI=1S/C11H14N4O2S/c1-6-4-17-11(12-6)18-5-9(16)13-10-7(2)14-15-8(10)3/h4H,5H2,1-3H3,(H,13,16)(H,14,15). The molecule has 0 bridgehead atoms. The lowest BCUT2D eigenvalue weighted by molar-refractivity contribution is -0.113. The number of nitrogens with zero attached hydrogens (tertiary/aromatic N) is 2. The number of aromatic nitrogens is 3. The second-order valence-corrected chi connectivity index (χ2v) is 4.83. The van der Waals surface area contributed by atoms with Crippen LogP contribution in [0.2, 0.25) is 0 Å². The topological polar surface area (TPSA) is 83.8 Å². The van der Waals surface area contributed by atoms with Gasteiger partial charge in [-0.25, -0.2) is 4.98 Å². The van der Waals surface area contributed by atoms with Gasteiger partial charge in [-0.15, -0.1) is 0 Å². The zero-order valence-electron chi connectivity index (χ0n) is 10.4. The average molecular weight is 266 g/mol. The molecule has 6 nitrogen and oxygen atoms in total. The molecule has 2 aromatic rings. The van der Waals surface area contributed by atoms with Gasteiger partial charge in [-0.05, 0) is 20.8 Å². The Morgan fingerprint density at radius 1 is 1.50 bits per heavy atom. The number of aromatic amines is 1. The number of aryl methyl sites for hydroxylation is 3. The van der Waals surface area contributed by atoms with Crippen LogP contribution in [0.15, 0.2) is 15.9 Å². The summed E-state index contributed by atoms with van der Waals surface area (Å²) in [5.74, 6) is 0.146. The van der Waals surface area contributed by atoms with E-state index < -0.39 is 0 Å². The SMILES string of the molecule is Cc1coc(SCC(=O)Nc2c(C)n[nH]c2C)n1. The second-order valence-electron chi connectivity index (χ2n) is 3.90. The molecule has 7 heteroatoms. The van der Waals surface area contributed by atoms with Crippen LogP contribution in [-0.2, 0) is 4.79 Å². The van der Waals surface area contributed by atoms with Crippen LogP contribution >= 0.6 is 11.8 Å². The highest BCUT2D eigenvalue weighted by Gasteiger charge is 2.11. The van der Waals surface area contributed by atoms with Gasteiger partial charge in [0.25, 0.3) is 5.22 Å². The number of hydrogen-bond acceptors (Lipinski definition) is 5. The number of nitrogens with one attached hydrogen (secondary N) is 2. The van der Waals surface area contributed by atoms with Crippen molar-refractivity contribution in [3.8, 4) is 0 Å². The van der Waals surface area contributed by atoms with Gasteiger partial charge in [-0.3, -0.25) is 9.89 Å². The molecule has 0 saturated heterocycles. The van der Waals surface area contributed by atoms with Gasteiger partial charge in [0.2, 0.25) is 5.91 Å². The van der Waals surface area contributed by atoms with Crippen molar-refractivity contribution in [1.29, 1.82) is 0 Å². The molecule has 0 unspecified atom stereocenters. The number of carbonyl (C=O) groups excluding carboxylic acids is 1. The number of amides is 1.